The topological polar surface area (TPSA) is 78.1 Å². The smallest absolute Gasteiger partial charge is 0.258 e. The second-order valence-electron chi connectivity index (χ2n) is 6.41. The normalized spacial score (nSPS) is 12.8. The molecule has 1 heterocycles. The Bertz CT molecular complexity index is 754. The summed E-state index contributed by atoms with van der Waals surface area (Å²) in [6.07, 6.45) is 0. The molecule has 0 spiro atoms. The Morgan fingerprint density at radius 3 is 2.67 bits per heavy atom. The Labute approximate surface area is 142 Å². The van der Waals surface area contributed by atoms with Gasteiger partial charge in [-0.05, 0) is 31.5 Å². The fourth-order valence-corrected chi connectivity index (χ4v) is 2.54. The third-order valence-corrected chi connectivity index (χ3v) is 4.03. The van der Waals surface area contributed by atoms with Crippen LogP contribution in [-0.2, 0) is 11.3 Å². The number of amides is 1. The number of hydrogen-bond acceptors (Lipinski definition) is 4. The zero-order valence-corrected chi connectivity index (χ0v) is 14.8. The van der Waals surface area contributed by atoms with Crippen LogP contribution in [0.25, 0.3) is 10.9 Å². The van der Waals surface area contributed by atoms with E-state index in [9.17, 15) is 9.59 Å². The number of hydrogen-bond donors (Lipinski definition) is 2. The fraction of sp³-hybridized carbons (Fsp3) is 0.500. The van der Waals surface area contributed by atoms with E-state index in [4.69, 9.17) is 0 Å². The van der Waals surface area contributed by atoms with Gasteiger partial charge in [0, 0.05) is 6.54 Å². The summed E-state index contributed by atoms with van der Waals surface area (Å²) < 4.78 is 0. The van der Waals surface area contributed by atoms with Crippen LogP contribution >= 0.6 is 0 Å². The van der Waals surface area contributed by atoms with Crippen LogP contribution in [0.15, 0.2) is 29.1 Å². The number of nitrogens with zero attached hydrogens (tertiary/aromatic N) is 2. The average Bonchev–Trinajstić information content (AvgIpc) is 2.57. The highest BCUT2D eigenvalue weighted by molar-refractivity contribution is 5.81. The molecule has 1 aromatic carbocycles. The molecule has 0 radical (unpaired) electrons. The SMILES string of the molecule is CCN(Cc1nc2ccccc2c(=O)[nH]1)C(C)C(=O)NCC(C)C. The van der Waals surface area contributed by atoms with E-state index in [-0.39, 0.29) is 17.5 Å². The molecule has 130 valence electrons. The summed E-state index contributed by atoms with van der Waals surface area (Å²) in [5.41, 5.74) is 0.521. The standard InChI is InChI=1S/C18H26N4O2/c1-5-22(13(4)17(23)19-10-12(2)3)11-16-20-15-9-7-6-8-14(15)18(24)21-16/h6-9,12-13H,5,10-11H2,1-4H3,(H,19,23)(H,20,21,24). The number of likely N-dealkylation sites (N-methyl/N-ethyl adjacent to an activating group) is 1. The van der Waals surface area contributed by atoms with Crippen molar-refractivity contribution in [3.8, 4) is 0 Å². The van der Waals surface area contributed by atoms with Crippen molar-refractivity contribution in [1.82, 2.24) is 20.2 Å². The third kappa shape index (κ3) is 4.41. The predicted molar refractivity (Wildman–Crippen MR) is 95.8 cm³/mol. The molecule has 0 bridgehead atoms. The van der Waals surface area contributed by atoms with Gasteiger partial charge in [-0.15, -0.1) is 0 Å². The first-order valence-corrected chi connectivity index (χ1v) is 8.42. The zero-order valence-electron chi connectivity index (χ0n) is 14.8. The molecule has 2 N–H and O–H groups in total. The number of carbonyl (C=O) groups is 1. The fourth-order valence-electron chi connectivity index (χ4n) is 2.54. The first-order chi connectivity index (χ1) is 11.4. The van der Waals surface area contributed by atoms with Crippen molar-refractivity contribution in [1.29, 1.82) is 0 Å². The number of aromatic nitrogens is 2. The molecule has 0 fully saturated rings. The molecule has 1 amide bonds. The van der Waals surface area contributed by atoms with Gasteiger partial charge in [-0.2, -0.15) is 0 Å². The van der Waals surface area contributed by atoms with Crippen LogP contribution < -0.4 is 10.9 Å². The van der Waals surface area contributed by atoms with Crippen molar-refractivity contribution < 1.29 is 4.79 Å². The molecule has 0 aliphatic heterocycles. The largest absolute Gasteiger partial charge is 0.354 e. The highest BCUT2D eigenvalue weighted by Gasteiger charge is 2.21. The molecule has 2 rings (SSSR count). The van der Waals surface area contributed by atoms with Gasteiger partial charge in [-0.25, -0.2) is 4.98 Å². The van der Waals surface area contributed by atoms with E-state index in [1.54, 1.807) is 6.07 Å². The molecular weight excluding hydrogens is 304 g/mol. The number of aromatic amines is 1. The first-order valence-electron chi connectivity index (χ1n) is 8.42. The lowest BCUT2D eigenvalue weighted by molar-refractivity contribution is -0.126. The van der Waals surface area contributed by atoms with Crippen LogP contribution in [-0.4, -0.2) is 39.9 Å². The van der Waals surface area contributed by atoms with Crippen molar-refractivity contribution in [3.63, 3.8) is 0 Å². The van der Waals surface area contributed by atoms with Crippen LogP contribution in [0.1, 0.15) is 33.5 Å². The van der Waals surface area contributed by atoms with E-state index >= 15 is 0 Å². The predicted octanol–water partition coefficient (Wildman–Crippen LogP) is 1.91. The molecular formula is C18H26N4O2. The minimum Gasteiger partial charge on any atom is -0.354 e. The van der Waals surface area contributed by atoms with Crippen molar-refractivity contribution in [2.75, 3.05) is 13.1 Å². The van der Waals surface area contributed by atoms with Gasteiger partial charge in [0.2, 0.25) is 5.91 Å². The molecule has 24 heavy (non-hydrogen) atoms. The molecule has 1 unspecified atom stereocenters. The molecule has 1 aromatic heterocycles. The lowest BCUT2D eigenvalue weighted by atomic mass is 10.2. The molecule has 1 atom stereocenters. The van der Waals surface area contributed by atoms with Gasteiger partial charge in [0.15, 0.2) is 0 Å². The zero-order chi connectivity index (χ0) is 17.7. The van der Waals surface area contributed by atoms with Gasteiger partial charge in [0.05, 0.1) is 23.5 Å². The van der Waals surface area contributed by atoms with Gasteiger partial charge in [0.1, 0.15) is 5.82 Å². The molecule has 2 aromatic rings. The van der Waals surface area contributed by atoms with Gasteiger partial charge < -0.3 is 10.3 Å². The van der Waals surface area contributed by atoms with E-state index in [1.165, 1.54) is 0 Å². The van der Waals surface area contributed by atoms with Crippen molar-refractivity contribution in [2.24, 2.45) is 5.92 Å². The summed E-state index contributed by atoms with van der Waals surface area (Å²) in [7, 11) is 0. The van der Waals surface area contributed by atoms with Crippen LogP contribution in [0.4, 0.5) is 0 Å². The average molecular weight is 330 g/mol. The van der Waals surface area contributed by atoms with Gasteiger partial charge in [0.25, 0.3) is 5.56 Å². The lowest BCUT2D eigenvalue weighted by Crippen LogP contribution is -2.45. The Hall–Kier alpha value is -2.21. The lowest BCUT2D eigenvalue weighted by Gasteiger charge is -2.26. The summed E-state index contributed by atoms with van der Waals surface area (Å²) in [4.78, 5) is 33.7. The second-order valence-corrected chi connectivity index (χ2v) is 6.41. The molecule has 6 heteroatoms. The molecule has 0 aliphatic rings. The van der Waals surface area contributed by atoms with Crippen LogP contribution in [0.5, 0.6) is 0 Å². The van der Waals surface area contributed by atoms with E-state index < -0.39 is 0 Å². The van der Waals surface area contributed by atoms with Crippen LogP contribution in [0.3, 0.4) is 0 Å². The van der Waals surface area contributed by atoms with Gasteiger partial charge in [-0.3, -0.25) is 14.5 Å². The Kier molecular flexibility index (Phi) is 6.09. The van der Waals surface area contributed by atoms with E-state index in [2.05, 4.69) is 29.1 Å². The monoisotopic (exact) mass is 330 g/mol. The molecule has 6 nitrogen and oxygen atoms in total. The maximum absolute atomic E-state index is 12.3. The minimum atomic E-state index is -0.287. The Balaban J connectivity index is 2.15. The van der Waals surface area contributed by atoms with Crippen molar-refractivity contribution in [3.05, 3.63) is 40.4 Å². The van der Waals surface area contributed by atoms with E-state index in [0.29, 0.717) is 42.3 Å². The quantitative estimate of drug-likeness (QED) is 0.813. The molecule has 0 saturated heterocycles. The summed E-state index contributed by atoms with van der Waals surface area (Å²) in [6.45, 7) is 9.76. The maximum atomic E-state index is 12.3. The molecule has 0 saturated carbocycles. The summed E-state index contributed by atoms with van der Waals surface area (Å²) in [5.74, 6) is 0.979. The molecule has 0 aliphatic carbocycles. The Morgan fingerprint density at radius 2 is 2.00 bits per heavy atom. The maximum Gasteiger partial charge on any atom is 0.258 e. The number of fused-ring (bicyclic) bond motifs is 1. The van der Waals surface area contributed by atoms with Crippen LogP contribution in [0.2, 0.25) is 0 Å². The number of nitrogens with one attached hydrogen (secondary N) is 2. The third-order valence-electron chi connectivity index (χ3n) is 4.03. The summed E-state index contributed by atoms with van der Waals surface area (Å²) in [5, 5.41) is 3.53. The van der Waals surface area contributed by atoms with E-state index in [0.717, 1.165) is 0 Å². The number of benzene rings is 1. The van der Waals surface area contributed by atoms with Crippen molar-refractivity contribution in [2.45, 2.75) is 40.3 Å². The highest BCUT2D eigenvalue weighted by atomic mass is 16.2. The van der Waals surface area contributed by atoms with Crippen molar-refractivity contribution >= 4 is 16.8 Å². The van der Waals surface area contributed by atoms with Crippen LogP contribution in [0, 0.1) is 5.92 Å². The summed E-state index contributed by atoms with van der Waals surface area (Å²) in [6, 6.07) is 6.97. The van der Waals surface area contributed by atoms with Gasteiger partial charge in [-0.1, -0.05) is 32.9 Å². The summed E-state index contributed by atoms with van der Waals surface area (Å²) >= 11 is 0. The number of para-hydroxylation sites is 1. The van der Waals surface area contributed by atoms with E-state index in [1.807, 2.05) is 36.9 Å². The number of rotatable bonds is 7. The Morgan fingerprint density at radius 1 is 1.29 bits per heavy atom. The highest BCUT2D eigenvalue weighted by Crippen LogP contribution is 2.09. The number of H-pyrrole nitrogens is 1. The van der Waals surface area contributed by atoms with Gasteiger partial charge >= 0.3 is 0 Å². The number of carbonyl (C=O) groups excluding carboxylic acids is 1. The first kappa shape index (κ1) is 18.1. The second kappa shape index (κ2) is 8.06. The minimum absolute atomic E-state index is 0.00585.